The molecule has 1 aliphatic carbocycles. The van der Waals surface area contributed by atoms with E-state index in [0.717, 1.165) is 39.7 Å². The smallest absolute Gasteiger partial charge is 0.336 e. The lowest BCUT2D eigenvalue weighted by Gasteiger charge is -2.20. The Labute approximate surface area is 252 Å². The van der Waals surface area contributed by atoms with Gasteiger partial charge in [-0.25, -0.2) is 9.59 Å². The lowest BCUT2D eigenvalue weighted by Crippen LogP contribution is -2.21. The van der Waals surface area contributed by atoms with Crippen LogP contribution in [0.4, 0.5) is 5.69 Å². The zero-order chi connectivity index (χ0) is 31.5. The second kappa shape index (κ2) is 12.4. The van der Waals surface area contributed by atoms with E-state index in [9.17, 15) is 24.9 Å². The first-order chi connectivity index (χ1) is 21.1. The van der Waals surface area contributed by atoms with Crippen LogP contribution in [0.3, 0.4) is 0 Å². The molecule has 0 bridgehead atoms. The van der Waals surface area contributed by atoms with Crippen LogP contribution in [-0.4, -0.2) is 51.7 Å². The van der Waals surface area contributed by atoms with Gasteiger partial charge in [-0.2, -0.15) is 0 Å². The molecule has 2 aromatic carbocycles. The quantitative estimate of drug-likeness (QED) is 0.152. The SMILES string of the molecule is CCN=c1cc2oc3cc(NCC)c(C)cc3c(-c3ccc(OCCC(=O)On4c(O)ccc4O)cc3C(=O)O)c-2cc1C. The Morgan fingerprint density at radius 2 is 1.70 bits per heavy atom. The molecule has 0 unspecified atom stereocenters. The first-order valence-corrected chi connectivity index (χ1v) is 14.2. The van der Waals surface area contributed by atoms with E-state index < -0.39 is 23.7 Å². The summed E-state index contributed by atoms with van der Waals surface area (Å²) in [6, 6.07) is 14.9. The first-order valence-electron chi connectivity index (χ1n) is 14.2. The van der Waals surface area contributed by atoms with Crippen LogP contribution in [0.15, 0.2) is 64.0 Å². The topological polar surface area (TPSA) is 156 Å². The van der Waals surface area contributed by atoms with Crippen LogP contribution in [0.25, 0.3) is 33.4 Å². The summed E-state index contributed by atoms with van der Waals surface area (Å²) in [5.74, 6) is -1.99. The van der Waals surface area contributed by atoms with Gasteiger partial charge in [0, 0.05) is 59.6 Å². The van der Waals surface area contributed by atoms with Gasteiger partial charge in [0.2, 0.25) is 11.8 Å². The number of carboxylic acid groups (broad SMARTS) is 1. The molecular weight excluding hydrogens is 566 g/mol. The van der Waals surface area contributed by atoms with E-state index >= 15 is 0 Å². The van der Waals surface area contributed by atoms with Gasteiger partial charge in [0.1, 0.15) is 17.1 Å². The Balaban J connectivity index is 1.56. The van der Waals surface area contributed by atoms with E-state index in [1.807, 2.05) is 52.0 Å². The van der Waals surface area contributed by atoms with Crippen LogP contribution >= 0.6 is 0 Å². The summed E-state index contributed by atoms with van der Waals surface area (Å²) in [6.45, 7) is 9.12. The molecule has 0 saturated heterocycles. The summed E-state index contributed by atoms with van der Waals surface area (Å²) in [4.78, 5) is 34.3. The summed E-state index contributed by atoms with van der Waals surface area (Å²) >= 11 is 0. The highest BCUT2D eigenvalue weighted by Gasteiger charge is 2.24. The highest BCUT2D eigenvalue weighted by atomic mass is 16.7. The maximum Gasteiger partial charge on any atom is 0.336 e. The fourth-order valence-electron chi connectivity index (χ4n) is 5.10. The number of hydrogen-bond acceptors (Lipinski definition) is 9. The molecular formula is C33H33N3O8. The minimum Gasteiger partial charge on any atom is -0.493 e. The van der Waals surface area contributed by atoms with E-state index in [1.54, 1.807) is 12.1 Å². The molecule has 0 amide bonds. The number of aromatic hydroxyl groups is 2. The van der Waals surface area contributed by atoms with Crippen LogP contribution in [0.2, 0.25) is 0 Å². The molecule has 0 radical (unpaired) electrons. The maximum atomic E-state index is 12.6. The average Bonchev–Trinajstić information content (AvgIpc) is 3.29. The zero-order valence-corrected chi connectivity index (χ0v) is 24.8. The Bertz CT molecular complexity index is 1900. The number of nitrogens with zero attached hydrogens (tertiary/aromatic N) is 2. The molecule has 2 heterocycles. The predicted octanol–water partition coefficient (Wildman–Crippen LogP) is 5.51. The number of rotatable bonds is 10. The van der Waals surface area contributed by atoms with Crippen molar-refractivity contribution in [2.45, 2.75) is 34.1 Å². The summed E-state index contributed by atoms with van der Waals surface area (Å²) in [5, 5.41) is 34.5. The van der Waals surface area contributed by atoms with E-state index in [2.05, 4.69) is 10.3 Å². The number of aromatic carboxylic acids is 1. The van der Waals surface area contributed by atoms with Crippen molar-refractivity contribution in [3.63, 3.8) is 0 Å². The zero-order valence-electron chi connectivity index (χ0n) is 24.8. The third-order valence-electron chi connectivity index (χ3n) is 7.14. The van der Waals surface area contributed by atoms with Crippen molar-refractivity contribution in [3.8, 4) is 40.0 Å². The number of aryl methyl sites for hydroxylation is 2. The minimum atomic E-state index is -1.15. The van der Waals surface area contributed by atoms with Crippen LogP contribution < -0.4 is 20.2 Å². The van der Waals surface area contributed by atoms with Crippen LogP contribution in [0.1, 0.15) is 41.8 Å². The average molecular weight is 600 g/mol. The van der Waals surface area contributed by atoms with E-state index in [-0.39, 0.29) is 24.3 Å². The molecule has 228 valence electrons. The van der Waals surface area contributed by atoms with Gasteiger partial charge in [0.25, 0.3) is 0 Å². The van der Waals surface area contributed by atoms with Gasteiger partial charge in [-0.1, -0.05) is 0 Å². The van der Waals surface area contributed by atoms with E-state index in [4.69, 9.17) is 14.0 Å². The number of carboxylic acids is 1. The van der Waals surface area contributed by atoms with Crippen LogP contribution in [0.5, 0.6) is 17.5 Å². The number of benzene rings is 3. The van der Waals surface area contributed by atoms with Gasteiger partial charge in [-0.05, 0) is 74.7 Å². The summed E-state index contributed by atoms with van der Waals surface area (Å²) in [7, 11) is 0. The standard InChI is InChI=1S/C33H33N3O8/c1-5-34-25-16-27-23(13-18(25)3)32(24-14-19(4)26(35-6-2)17-28(24)43-27)21-8-7-20(15-22(21)33(40)41)42-12-11-31(39)44-36-29(37)9-10-30(36)38/h7-10,13-17,34,37-38H,5-6,11-12H2,1-4H3,(H,40,41). The lowest BCUT2D eigenvalue weighted by molar-refractivity contribution is -0.146. The number of anilines is 1. The van der Waals surface area contributed by atoms with Gasteiger partial charge in [-0.15, -0.1) is 4.73 Å². The van der Waals surface area contributed by atoms with Gasteiger partial charge >= 0.3 is 11.9 Å². The fourth-order valence-corrected chi connectivity index (χ4v) is 5.10. The molecule has 0 spiro atoms. The normalized spacial score (nSPS) is 11.7. The molecule has 4 N–H and O–H groups in total. The third kappa shape index (κ3) is 5.89. The summed E-state index contributed by atoms with van der Waals surface area (Å²) < 4.78 is 12.7. The van der Waals surface area contributed by atoms with Gasteiger partial charge in [-0.3, -0.25) is 4.99 Å². The van der Waals surface area contributed by atoms with Crippen molar-refractivity contribution in [2.24, 2.45) is 4.99 Å². The summed E-state index contributed by atoms with van der Waals surface area (Å²) in [6.07, 6.45) is -0.228. The second-order valence-corrected chi connectivity index (χ2v) is 10.2. The Morgan fingerprint density at radius 3 is 2.39 bits per heavy atom. The molecule has 1 aliphatic heterocycles. The number of fused-ring (bicyclic) bond motifs is 2. The largest absolute Gasteiger partial charge is 0.493 e. The first kappa shape index (κ1) is 30.0. The highest BCUT2D eigenvalue weighted by Crippen LogP contribution is 2.43. The Kier molecular flexibility index (Phi) is 8.48. The van der Waals surface area contributed by atoms with Crippen molar-refractivity contribution in [2.75, 3.05) is 25.0 Å². The lowest BCUT2D eigenvalue weighted by atomic mass is 9.89. The number of aromatic nitrogens is 1. The second-order valence-electron chi connectivity index (χ2n) is 10.2. The van der Waals surface area contributed by atoms with Gasteiger partial charge < -0.3 is 34.6 Å². The summed E-state index contributed by atoms with van der Waals surface area (Å²) in [5.41, 5.74) is 5.36. The van der Waals surface area contributed by atoms with Crippen molar-refractivity contribution < 1.29 is 38.9 Å². The van der Waals surface area contributed by atoms with Gasteiger partial charge in [0.15, 0.2) is 0 Å². The molecule has 11 heteroatoms. The van der Waals surface area contributed by atoms with Crippen molar-refractivity contribution in [1.82, 2.24) is 4.73 Å². The molecule has 0 atom stereocenters. The van der Waals surface area contributed by atoms with Gasteiger partial charge in [0.05, 0.1) is 23.9 Å². The molecule has 3 aromatic rings. The van der Waals surface area contributed by atoms with E-state index in [1.165, 1.54) is 18.2 Å². The molecule has 5 rings (SSSR count). The molecule has 44 heavy (non-hydrogen) atoms. The Hall–Kier alpha value is -5.45. The highest BCUT2D eigenvalue weighted by molar-refractivity contribution is 6.08. The fraction of sp³-hybridized carbons (Fsp3) is 0.242. The molecule has 0 fully saturated rings. The number of hydrogen-bond donors (Lipinski definition) is 4. The number of nitrogens with one attached hydrogen (secondary N) is 1. The van der Waals surface area contributed by atoms with E-state index in [0.29, 0.717) is 33.7 Å². The molecule has 1 aromatic heterocycles. The molecule has 0 saturated carbocycles. The third-order valence-corrected chi connectivity index (χ3v) is 7.14. The number of carbonyl (C=O) groups excluding carboxylic acids is 1. The maximum absolute atomic E-state index is 12.6. The minimum absolute atomic E-state index is 0.00875. The van der Waals surface area contributed by atoms with Crippen molar-refractivity contribution in [1.29, 1.82) is 0 Å². The van der Waals surface area contributed by atoms with Crippen LogP contribution in [-0.2, 0) is 4.79 Å². The van der Waals surface area contributed by atoms with Crippen molar-refractivity contribution >= 4 is 28.6 Å². The molecule has 2 aliphatic rings. The molecule has 11 nitrogen and oxygen atoms in total. The predicted molar refractivity (Wildman–Crippen MR) is 164 cm³/mol. The number of carbonyl (C=O) groups is 2. The monoisotopic (exact) mass is 599 g/mol. The van der Waals surface area contributed by atoms with Crippen molar-refractivity contribution in [3.05, 3.63) is 76.6 Å². The van der Waals surface area contributed by atoms with Crippen LogP contribution in [0, 0.1) is 13.8 Å². The number of ether oxygens (including phenoxy) is 1. The Morgan fingerprint density at radius 1 is 0.955 bits per heavy atom.